The first-order valence-electron chi connectivity index (χ1n) is 6.48. The van der Waals surface area contributed by atoms with E-state index in [1.54, 1.807) is 0 Å². The van der Waals surface area contributed by atoms with Gasteiger partial charge in [0.1, 0.15) is 6.10 Å². The van der Waals surface area contributed by atoms with Crippen molar-refractivity contribution in [1.29, 1.82) is 0 Å². The second-order valence-corrected chi connectivity index (χ2v) is 5.18. The van der Waals surface area contributed by atoms with Crippen molar-refractivity contribution in [1.82, 2.24) is 14.7 Å². The van der Waals surface area contributed by atoms with Crippen molar-refractivity contribution in [3.05, 3.63) is 0 Å². The van der Waals surface area contributed by atoms with Crippen LogP contribution in [0.4, 0.5) is 4.79 Å². The number of carbonyl (C=O) groups is 1. The molecule has 2 aliphatic rings. The second kappa shape index (κ2) is 5.69. The average molecular weight is 241 g/mol. The molecule has 0 radical (unpaired) electrons. The van der Waals surface area contributed by atoms with E-state index in [0.29, 0.717) is 0 Å². The maximum Gasteiger partial charge on any atom is 0.410 e. The summed E-state index contributed by atoms with van der Waals surface area (Å²) >= 11 is 0. The van der Waals surface area contributed by atoms with Gasteiger partial charge in [-0.2, -0.15) is 0 Å². The van der Waals surface area contributed by atoms with Gasteiger partial charge in [-0.05, 0) is 26.9 Å². The van der Waals surface area contributed by atoms with E-state index in [-0.39, 0.29) is 12.2 Å². The molecule has 5 nitrogen and oxygen atoms in total. The van der Waals surface area contributed by atoms with Crippen LogP contribution in [0.1, 0.15) is 12.8 Å². The van der Waals surface area contributed by atoms with E-state index in [0.717, 1.165) is 52.1 Å². The molecule has 0 aromatic heterocycles. The smallest absolute Gasteiger partial charge is 0.410 e. The molecule has 0 unspecified atom stereocenters. The van der Waals surface area contributed by atoms with Crippen molar-refractivity contribution in [2.24, 2.45) is 0 Å². The van der Waals surface area contributed by atoms with Crippen LogP contribution in [0.5, 0.6) is 0 Å². The maximum atomic E-state index is 11.9. The molecule has 0 saturated carbocycles. The number of hydrogen-bond acceptors (Lipinski definition) is 4. The molecule has 0 aromatic carbocycles. The van der Waals surface area contributed by atoms with Crippen molar-refractivity contribution >= 4 is 6.09 Å². The van der Waals surface area contributed by atoms with E-state index in [4.69, 9.17) is 4.74 Å². The van der Waals surface area contributed by atoms with Gasteiger partial charge < -0.3 is 19.4 Å². The van der Waals surface area contributed by atoms with Crippen molar-refractivity contribution < 1.29 is 9.53 Å². The summed E-state index contributed by atoms with van der Waals surface area (Å²) in [4.78, 5) is 18.3. The van der Waals surface area contributed by atoms with Gasteiger partial charge in [0.25, 0.3) is 0 Å². The summed E-state index contributed by atoms with van der Waals surface area (Å²) in [5, 5.41) is 0. The molecule has 2 heterocycles. The summed E-state index contributed by atoms with van der Waals surface area (Å²) in [6.07, 6.45) is 1.94. The van der Waals surface area contributed by atoms with Gasteiger partial charge >= 0.3 is 6.09 Å². The molecule has 0 atom stereocenters. The van der Waals surface area contributed by atoms with Crippen LogP contribution in [0.25, 0.3) is 0 Å². The normalized spacial score (nSPS) is 24.9. The Hall–Kier alpha value is -0.810. The molecule has 0 bridgehead atoms. The van der Waals surface area contributed by atoms with Gasteiger partial charge in [-0.25, -0.2) is 4.79 Å². The van der Waals surface area contributed by atoms with E-state index in [1.165, 1.54) is 0 Å². The van der Waals surface area contributed by atoms with Crippen LogP contribution in [0.2, 0.25) is 0 Å². The Morgan fingerprint density at radius 1 is 0.941 bits per heavy atom. The molecule has 1 amide bonds. The Labute approximate surface area is 103 Å². The number of carbonyl (C=O) groups excluding carboxylic acids is 1. The number of piperazine rings is 1. The highest BCUT2D eigenvalue weighted by atomic mass is 16.6. The zero-order valence-electron chi connectivity index (χ0n) is 10.9. The van der Waals surface area contributed by atoms with Crippen LogP contribution in [-0.4, -0.2) is 80.3 Å². The van der Waals surface area contributed by atoms with Crippen molar-refractivity contribution in [3.63, 3.8) is 0 Å². The van der Waals surface area contributed by atoms with E-state index < -0.39 is 0 Å². The minimum absolute atomic E-state index is 0.118. The van der Waals surface area contributed by atoms with Crippen molar-refractivity contribution in [2.75, 3.05) is 53.4 Å². The molecule has 17 heavy (non-hydrogen) atoms. The third kappa shape index (κ3) is 3.57. The van der Waals surface area contributed by atoms with Crippen LogP contribution >= 0.6 is 0 Å². The van der Waals surface area contributed by atoms with Gasteiger partial charge in [-0.3, -0.25) is 0 Å². The van der Waals surface area contributed by atoms with E-state index >= 15 is 0 Å². The number of rotatable bonds is 1. The Bertz CT molecular complexity index is 256. The molecular formula is C12H23N3O2. The molecular weight excluding hydrogens is 218 g/mol. The summed E-state index contributed by atoms with van der Waals surface area (Å²) in [6, 6.07) is 0. The Kier molecular flexibility index (Phi) is 4.23. The van der Waals surface area contributed by atoms with E-state index in [2.05, 4.69) is 23.9 Å². The van der Waals surface area contributed by atoms with E-state index in [9.17, 15) is 4.79 Å². The quantitative estimate of drug-likeness (QED) is 0.668. The number of likely N-dealkylation sites (tertiary alicyclic amines) is 1. The molecule has 2 aliphatic heterocycles. The van der Waals surface area contributed by atoms with Crippen LogP contribution in [0, 0.1) is 0 Å². The number of ether oxygens (including phenoxy) is 1. The summed E-state index contributed by atoms with van der Waals surface area (Å²) in [6.45, 7) is 5.54. The Balaban J connectivity index is 1.73. The first-order valence-corrected chi connectivity index (χ1v) is 6.48. The van der Waals surface area contributed by atoms with Crippen molar-refractivity contribution in [2.45, 2.75) is 18.9 Å². The summed E-state index contributed by atoms with van der Waals surface area (Å²) in [5.41, 5.74) is 0. The van der Waals surface area contributed by atoms with E-state index in [1.807, 2.05) is 4.90 Å². The maximum absolute atomic E-state index is 11.9. The highest BCUT2D eigenvalue weighted by Gasteiger charge is 2.25. The van der Waals surface area contributed by atoms with Crippen LogP contribution < -0.4 is 0 Å². The Morgan fingerprint density at radius 3 is 2.06 bits per heavy atom. The summed E-state index contributed by atoms with van der Waals surface area (Å²) < 4.78 is 5.56. The number of hydrogen-bond donors (Lipinski definition) is 0. The summed E-state index contributed by atoms with van der Waals surface area (Å²) in [5.74, 6) is 0. The molecule has 0 N–H and O–H groups in total. The zero-order chi connectivity index (χ0) is 12.3. The molecule has 0 spiro atoms. The van der Waals surface area contributed by atoms with Gasteiger partial charge in [0, 0.05) is 39.3 Å². The number of likely N-dealkylation sites (N-methyl/N-ethyl adjacent to an activating group) is 1. The van der Waals surface area contributed by atoms with Crippen molar-refractivity contribution in [3.8, 4) is 0 Å². The number of piperidine rings is 1. The number of nitrogens with zero attached hydrogens (tertiary/aromatic N) is 3. The SMILES string of the molecule is CN1CCC(OC(=O)N2CCN(C)CC2)CC1. The van der Waals surface area contributed by atoms with Crippen LogP contribution in [0.3, 0.4) is 0 Å². The largest absolute Gasteiger partial charge is 0.446 e. The predicted molar refractivity (Wildman–Crippen MR) is 66.1 cm³/mol. The lowest BCUT2D eigenvalue weighted by atomic mass is 10.1. The minimum atomic E-state index is -0.118. The lowest BCUT2D eigenvalue weighted by molar-refractivity contribution is 0.0246. The lowest BCUT2D eigenvalue weighted by Gasteiger charge is -2.34. The zero-order valence-corrected chi connectivity index (χ0v) is 10.9. The molecule has 0 aromatic rings. The molecule has 2 rings (SSSR count). The standard InChI is InChI=1S/C12H23N3O2/c1-13-5-3-11(4-6-13)17-12(16)15-9-7-14(2)8-10-15/h11H,3-10H2,1-2H3. The first-order chi connectivity index (χ1) is 8.15. The lowest BCUT2D eigenvalue weighted by Crippen LogP contribution is -2.48. The van der Waals surface area contributed by atoms with Gasteiger partial charge in [0.2, 0.25) is 0 Å². The van der Waals surface area contributed by atoms with Gasteiger partial charge in [-0.1, -0.05) is 0 Å². The molecule has 2 fully saturated rings. The number of amides is 1. The Morgan fingerprint density at radius 2 is 1.47 bits per heavy atom. The molecule has 5 heteroatoms. The fourth-order valence-electron chi connectivity index (χ4n) is 2.31. The average Bonchev–Trinajstić information content (AvgIpc) is 2.33. The van der Waals surface area contributed by atoms with Crippen LogP contribution in [-0.2, 0) is 4.74 Å². The fourth-order valence-corrected chi connectivity index (χ4v) is 2.31. The monoisotopic (exact) mass is 241 g/mol. The molecule has 2 saturated heterocycles. The van der Waals surface area contributed by atoms with Crippen LogP contribution in [0.15, 0.2) is 0 Å². The molecule has 0 aliphatic carbocycles. The summed E-state index contributed by atoms with van der Waals surface area (Å²) in [7, 11) is 4.19. The first kappa shape index (κ1) is 12.6. The highest BCUT2D eigenvalue weighted by Crippen LogP contribution is 2.14. The minimum Gasteiger partial charge on any atom is -0.446 e. The van der Waals surface area contributed by atoms with Gasteiger partial charge in [0.05, 0.1) is 0 Å². The third-order valence-electron chi connectivity index (χ3n) is 3.69. The topological polar surface area (TPSA) is 36.0 Å². The highest BCUT2D eigenvalue weighted by molar-refractivity contribution is 5.68. The van der Waals surface area contributed by atoms with Gasteiger partial charge in [0.15, 0.2) is 0 Å². The molecule has 98 valence electrons. The van der Waals surface area contributed by atoms with Gasteiger partial charge in [-0.15, -0.1) is 0 Å². The fraction of sp³-hybridized carbons (Fsp3) is 0.917. The second-order valence-electron chi connectivity index (χ2n) is 5.18. The third-order valence-corrected chi connectivity index (χ3v) is 3.69. The predicted octanol–water partition coefficient (Wildman–Crippen LogP) is 0.465.